The van der Waals surface area contributed by atoms with Crippen LogP contribution < -0.4 is 4.74 Å². The molecule has 1 aliphatic heterocycles. The molecule has 2 N–H and O–H groups in total. The molecule has 1 atom stereocenters. The Bertz CT molecular complexity index is 1320. The van der Waals surface area contributed by atoms with Crippen LogP contribution in [0.25, 0.3) is 11.3 Å². The molecular weight excluding hydrogens is 416 g/mol. The molecule has 1 aliphatic rings. The third-order valence-corrected chi connectivity index (χ3v) is 5.83. The predicted molar refractivity (Wildman–Crippen MR) is 124 cm³/mol. The molecule has 5 rings (SSSR count). The van der Waals surface area contributed by atoms with E-state index in [0.717, 1.165) is 28.0 Å². The van der Waals surface area contributed by atoms with E-state index in [4.69, 9.17) is 4.74 Å². The summed E-state index contributed by atoms with van der Waals surface area (Å²) in [7, 11) is 0. The molecule has 2 aromatic heterocycles. The SMILES string of the molecule is CCOc1cccc([C@H]2c3c(-c4cc(C)ccc4O)n[nH]c3C(=O)N2Cc2cccnc2)c1. The molecule has 0 radical (unpaired) electrons. The van der Waals surface area contributed by atoms with Gasteiger partial charge in [0, 0.05) is 30.1 Å². The van der Waals surface area contributed by atoms with Gasteiger partial charge in [-0.05, 0) is 55.3 Å². The van der Waals surface area contributed by atoms with E-state index in [1.807, 2.05) is 62.4 Å². The van der Waals surface area contributed by atoms with Gasteiger partial charge in [-0.1, -0.05) is 29.8 Å². The van der Waals surface area contributed by atoms with Crippen LogP contribution in [0.1, 0.15) is 45.7 Å². The molecule has 7 nitrogen and oxygen atoms in total. The summed E-state index contributed by atoms with van der Waals surface area (Å²) in [4.78, 5) is 19.5. The number of aryl methyl sites for hydroxylation is 1. The highest BCUT2D eigenvalue weighted by Crippen LogP contribution is 2.45. The molecule has 0 saturated carbocycles. The molecule has 33 heavy (non-hydrogen) atoms. The third kappa shape index (κ3) is 3.71. The number of ether oxygens (including phenoxy) is 1. The van der Waals surface area contributed by atoms with Crippen molar-refractivity contribution in [3.63, 3.8) is 0 Å². The maximum absolute atomic E-state index is 13.5. The van der Waals surface area contributed by atoms with E-state index in [9.17, 15) is 9.90 Å². The monoisotopic (exact) mass is 440 g/mol. The summed E-state index contributed by atoms with van der Waals surface area (Å²) in [5.74, 6) is 0.710. The van der Waals surface area contributed by atoms with Crippen LogP contribution in [0.15, 0.2) is 67.0 Å². The summed E-state index contributed by atoms with van der Waals surface area (Å²) in [6.45, 7) is 4.83. The van der Waals surface area contributed by atoms with Crippen LogP contribution in [-0.2, 0) is 6.54 Å². The van der Waals surface area contributed by atoms with Gasteiger partial charge in [0.05, 0.1) is 12.6 Å². The summed E-state index contributed by atoms with van der Waals surface area (Å²) in [5, 5.41) is 18.0. The minimum Gasteiger partial charge on any atom is -0.507 e. The van der Waals surface area contributed by atoms with Gasteiger partial charge in [-0.3, -0.25) is 14.9 Å². The number of hydrogen-bond acceptors (Lipinski definition) is 5. The van der Waals surface area contributed by atoms with E-state index in [0.29, 0.717) is 30.1 Å². The first-order valence-electron chi connectivity index (χ1n) is 10.9. The maximum Gasteiger partial charge on any atom is 0.273 e. The van der Waals surface area contributed by atoms with Gasteiger partial charge in [-0.15, -0.1) is 0 Å². The highest BCUT2D eigenvalue weighted by molar-refractivity contribution is 6.00. The van der Waals surface area contributed by atoms with Gasteiger partial charge in [0.15, 0.2) is 0 Å². The number of aromatic hydroxyl groups is 1. The number of carbonyl (C=O) groups excluding carboxylic acids is 1. The number of rotatable bonds is 6. The van der Waals surface area contributed by atoms with Gasteiger partial charge in [0.1, 0.15) is 22.9 Å². The first kappa shape index (κ1) is 20.8. The van der Waals surface area contributed by atoms with E-state index in [-0.39, 0.29) is 11.7 Å². The molecular formula is C26H24N4O3. The van der Waals surface area contributed by atoms with Crippen LogP contribution in [0, 0.1) is 6.92 Å². The summed E-state index contributed by atoms with van der Waals surface area (Å²) in [5.41, 5.74) is 5.17. The summed E-state index contributed by atoms with van der Waals surface area (Å²) >= 11 is 0. The number of phenolic OH excluding ortho intramolecular Hbond substituents is 1. The van der Waals surface area contributed by atoms with E-state index < -0.39 is 6.04 Å². The molecule has 0 bridgehead atoms. The average Bonchev–Trinajstić information content (AvgIpc) is 3.36. The fourth-order valence-electron chi connectivity index (χ4n) is 4.38. The Morgan fingerprint density at radius 2 is 2.03 bits per heavy atom. The second kappa shape index (κ2) is 8.43. The molecule has 0 unspecified atom stereocenters. The standard InChI is InChI=1S/C26H24N4O3/c1-3-33-19-8-4-7-18(13-19)25-22-23(20-12-16(2)9-10-21(20)31)28-29-24(22)26(32)30(25)15-17-6-5-11-27-14-17/h4-14,25,31H,3,15H2,1-2H3,(H,28,29)/t25-/m0/s1. The van der Waals surface area contributed by atoms with Crippen molar-refractivity contribution < 1.29 is 14.6 Å². The lowest BCUT2D eigenvalue weighted by atomic mass is 9.95. The highest BCUT2D eigenvalue weighted by Gasteiger charge is 2.42. The van der Waals surface area contributed by atoms with Crippen molar-refractivity contribution in [1.29, 1.82) is 0 Å². The molecule has 0 fully saturated rings. The van der Waals surface area contributed by atoms with Gasteiger partial charge < -0.3 is 14.7 Å². The minimum absolute atomic E-state index is 0.120. The number of nitrogens with one attached hydrogen (secondary N) is 1. The molecule has 166 valence electrons. The van der Waals surface area contributed by atoms with Crippen molar-refractivity contribution in [2.45, 2.75) is 26.4 Å². The van der Waals surface area contributed by atoms with Crippen molar-refractivity contribution in [2.75, 3.05) is 6.61 Å². The lowest BCUT2D eigenvalue weighted by Crippen LogP contribution is -2.29. The van der Waals surface area contributed by atoms with E-state index in [2.05, 4.69) is 15.2 Å². The number of aromatic nitrogens is 3. The molecule has 7 heteroatoms. The Morgan fingerprint density at radius 1 is 1.15 bits per heavy atom. The molecule has 0 saturated heterocycles. The van der Waals surface area contributed by atoms with E-state index in [1.54, 1.807) is 23.4 Å². The lowest BCUT2D eigenvalue weighted by molar-refractivity contribution is 0.0729. The number of aromatic amines is 1. The zero-order valence-electron chi connectivity index (χ0n) is 18.4. The number of H-pyrrole nitrogens is 1. The number of fused-ring (bicyclic) bond motifs is 1. The van der Waals surface area contributed by atoms with Gasteiger partial charge in [-0.25, -0.2) is 0 Å². The smallest absolute Gasteiger partial charge is 0.273 e. The lowest BCUT2D eigenvalue weighted by Gasteiger charge is -2.27. The number of benzene rings is 2. The maximum atomic E-state index is 13.5. The Kier molecular flexibility index (Phi) is 5.30. The largest absolute Gasteiger partial charge is 0.507 e. The van der Waals surface area contributed by atoms with E-state index >= 15 is 0 Å². The first-order chi connectivity index (χ1) is 16.1. The Morgan fingerprint density at radius 3 is 2.82 bits per heavy atom. The first-order valence-corrected chi connectivity index (χ1v) is 10.9. The number of pyridine rings is 1. The number of hydrogen-bond donors (Lipinski definition) is 2. The van der Waals surface area contributed by atoms with Crippen LogP contribution in [0.3, 0.4) is 0 Å². The zero-order valence-corrected chi connectivity index (χ0v) is 18.4. The number of nitrogens with zero attached hydrogens (tertiary/aromatic N) is 3. The Balaban J connectivity index is 1.67. The fourth-order valence-corrected chi connectivity index (χ4v) is 4.38. The van der Waals surface area contributed by atoms with Crippen molar-refractivity contribution in [3.05, 3.63) is 94.9 Å². The minimum atomic E-state index is -0.401. The quantitative estimate of drug-likeness (QED) is 0.456. The molecule has 0 aliphatic carbocycles. The molecule has 2 aromatic carbocycles. The average molecular weight is 441 g/mol. The third-order valence-electron chi connectivity index (χ3n) is 5.83. The van der Waals surface area contributed by atoms with Crippen molar-refractivity contribution in [2.24, 2.45) is 0 Å². The van der Waals surface area contributed by atoms with Crippen molar-refractivity contribution in [1.82, 2.24) is 20.1 Å². The molecule has 0 spiro atoms. The second-order valence-corrected chi connectivity index (χ2v) is 8.08. The summed E-state index contributed by atoms with van der Waals surface area (Å²) in [6, 6.07) is 16.6. The second-order valence-electron chi connectivity index (χ2n) is 8.08. The molecule has 1 amide bonds. The van der Waals surface area contributed by atoms with Gasteiger partial charge >= 0.3 is 0 Å². The zero-order chi connectivity index (χ0) is 22.9. The van der Waals surface area contributed by atoms with Crippen LogP contribution >= 0.6 is 0 Å². The summed E-state index contributed by atoms with van der Waals surface area (Å²) in [6.07, 6.45) is 3.47. The van der Waals surface area contributed by atoms with Gasteiger partial charge in [0.2, 0.25) is 0 Å². The number of amides is 1. The number of carbonyl (C=O) groups is 1. The molecule has 4 aromatic rings. The topological polar surface area (TPSA) is 91.3 Å². The van der Waals surface area contributed by atoms with Crippen LogP contribution in [-0.4, -0.2) is 37.7 Å². The number of phenols is 1. The van der Waals surface area contributed by atoms with Crippen LogP contribution in [0.5, 0.6) is 11.5 Å². The van der Waals surface area contributed by atoms with Crippen molar-refractivity contribution in [3.8, 4) is 22.8 Å². The van der Waals surface area contributed by atoms with Crippen molar-refractivity contribution >= 4 is 5.91 Å². The highest BCUT2D eigenvalue weighted by atomic mass is 16.5. The van der Waals surface area contributed by atoms with Crippen LogP contribution in [0.2, 0.25) is 0 Å². The van der Waals surface area contributed by atoms with Gasteiger partial charge in [0.25, 0.3) is 5.91 Å². The van der Waals surface area contributed by atoms with Crippen LogP contribution in [0.4, 0.5) is 0 Å². The Labute approximate surface area is 191 Å². The molecule has 3 heterocycles. The van der Waals surface area contributed by atoms with E-state index in [1.165, 1.54) is 0 Å². The summed E-state index contributed by atoms with van der Waals surface area (Å²) < 4.78 is 5.73. The van der Waals surface area contributed by atoms with Gasteiger partial charge in [-0.2, -0.15) is 5.10 Å². The Hall–Kier alpha value is -4.13. The fraction of sp³-hybridized carbons (Fsp3) is 0.192. The normalized spacial score (nSPS) is 15.0. The predicted octanol–water partition coefficient (Wildman–Crippen LogP) is 4.63.